The summed E-state index contributed by atoms with van der Waals surface area (Å²) in [6, 6.07) is 5.94. The van der Waals surface area contributed by atoms with Crippen molar-refractivity contribution in [3.8, 4) is 0 Å². The molecule has 1 aromatic carbocycles. The lowest BCUT2D eigenvalue weighted by Gasteiger charge is -2.22. The molecular weight excluding hydrogens is 437 g/mol. The average molecular weight is 457 g/mol. The van der Waals surface area contributed by atoms with Gasteiger partial charge in [0.25, 0.3) is 9.70 Å². The van der Waals surface area contributed by atoms with Crippen LogP contribution in [0.15, 0.2) is 24.3 Å². The van der Waals surface area contributed by atoms with Crippen molar-refractivity contribution in [2.75, 3.05) is 23.4 Å². The molecule has 2 rings (SSSR count). The third kappa shape index (κ3) is 6.50. The van der Waals surface area contributed by atoms with Crippen LogP contribution in [-0.4, -0.2) is 54.2 Å². The van der Waals surface area contributed by atoms with Crippen molar-refractivity contribution in [2.45, 2.75) is 29.2 Å². The first kappa shape index (κ1) is 22.2. The summed E-state index contributed by atoms with van der Waals surface area (Å²) in [6.07, 6.45) is 0.760. The van der Waals surface area contributed by atoms with Gasteiger partial charge in [-0.15, -0.1) is 0 Å². The minimum absolute atomic E-state index is 0.127. The van der Waals surface area contributed by atoms with Gasteiger partial charge in [-0.1, -0.05) is 59.9 Å². The number of hydrogen-bond donors (Lipinski definition) is 3. The zero-order valence-corrected chi connectivity index (χ0v) is 17.6. The van der Waals surface area contributed by atoms with Crippen LogP contribution >= 0.6 is 34.8 Å². The molecule has 150 valence electrons. The number of amides is 2. The summed E-state index contributed by atoms with van der Waals surface area (Å²) in [5.74, 6) is -1.76. The number of halogens is 3. The van der Waals surface area contributed by atoms with Crippen molar-refractivity contribution in [1.82, 2.24) is 10.6 Å². The number of alkyl halides is 3. The number of aryl methyl sites for hydroxylation is 1. The quantitative estimate of drug-likeness (QED) is 0.562. The molecule has 1 heterocycles. The molecule has 1 aliphatic rings. The highest BCUT2D eigenvalue weighted by molar-refractivity contribution is 7.91. The van der Waals surface area contributed by atoms with E-state index < -0.39 is 31.6 Å². The second-order valence-electron chi connectivity index (χ2n) is 6.20. The van der Waals surface area contributed by atoms with Crippen LogP contribution < -0.4 is 16.0 Å². The first-order valence-corrected chi connectivity index (χ1v) is 11.2. The van der Waals surface area contributed by atoms with Crippen molar-refractivity contribution >= 4 is 62.1 Å². The van der Waals surface area contributed by atoms with E-state index in [0.717, 1.165) is 12.0 Å². The van der Waals surface area contributed by atoms with E-state index in [1.807, 2.05) is 25.1 Å². The Hall–Kier alpha value is -1.06. The van der Waals surface area contributed by atoms with Crippen LogP contribution in [0, 0.1) is 0 Å². The van der Waals surface area contributed by atoms with Crippen molar-refractivity contribution < 1.29 is 18.0 Å². The van der Waals surface area contributed by atoms with Crippen LogP contribution in [0.1, 0.15) is 12.5 Å². The summed E-state index contributed by atoms with van der Waals surface area (Å²) in [7, 11) is -3.39. The molecule has 2 atom stereocenters. The van der Waals surface area contributed by atoms with Gasteiger partial charge >= 0.3 is 0 Å². The smallest absolute Gasteiger partial charge is 0.272 e. The Morgan fingerprint density at radius 1 is 1.15 bits per heavy atom. The SMILES string of the molecule is CCc1ccccc1NC(=O)CNC1CS(=O)(=O)CC1NC(=O)C(Cl)(Cl)Cl. The number of para-hydroxylation sites is 1. The standard InChI is InChI=1S/C16H20Cl3N3O4S/c1-2-10-5-3-4-6-11(10)21-14(23)7-20-12-8-27(25,26)9-13(12)22-15(24)16(17,18)19/h3-6,12-13,20H,2,7-9H2,1H3,(H,21,23)(H,22,24). The molecule has 27 heavy (non-hydrogen) atoms. The maximum Gasteiger partial charge on any atom is 0.272 e. The van der Waals surface area contributed by atoms with Gasteiger partial charge in [-0.05, 0) is 18.1 Å². The Balaban J connectivity index is 1.97. The predicted octanol–water partition coefficient (Wildman–Crippen LogP) is 1.43. The van der Waals surface area contributed by atoms with E-state index in [1.165, 1.54) is 0 Å². The summed E-state index contributed by atoms with van der Waals surface area (Å²) in [5, 5.41) is 8.06. The minimum Gasteiger partial charge on any atom is -0.347 e. The van der Waals surface area contributed by atoms with Gasteiger partial charge < -0.3 is 16.0 Å². The zero-order chi connectivity index (χ0) is 20.2. The summed E-state index contributed by atoms with van der Waals surface area (Å²) in [4.78, 5) is 24.0. The van der Waals surface area contributed by atoms with Crippen LogP contribution in [0.4, 0.5) is 5.69 Å². The van der Waals surface area contributed by atoms with E-state index in [9.17, 15) is 18.0 Å². The van der Waals surface area contributed by atoms with Crippen LogP contribution in [0.25, 0.3) is 0 Å². The van der Waals surface area contributed by atoms with Crippen molar-refractivity contribution in [3.05, 3.63) is 29.8 Å². The van der Waals surface area contributed by atoms with Gasteiger partial charge in [-0.3, -0.25) is 9.59 Å². The molecule has 11 heteroatoms. The normalized spacial score (nSPS) is 21.6. The monoisotopic (exact) mass is 455 g/mol. The summed E-state index contributed by atoms with van der Waals surface area (Å²) < 4.78 is 21.6. The molecule has 1 saturated heterocycles. The van der Waals surface area contributed by atoms with Gasteiger partial charge in [0.05, 0.1) is 24.1 Å². The Bertz CT molecular complexity index is 811. The summed E-state index contributed by atoms with van der Waals surface area (Å²) in [5.41, 5.74) is 1.69. The van der Waals surface area contributed by atoms with Gasteiger partial charge in [-0.25, -0.2) is 8.42 Å². The number of nitrogens with one attached hydrogen (secondary N) is 3. The lowest BCUT2D eigenvalue weighted by atomic mass is 10.1. The molecule has 0 aliphatic carbocycles. The van der Waals surface area contributed by atoms with Crippen LogP contribution in [0.3, 0.4) is 0 Å². The van der Waals surface area contributed by atoms with Crippen LogP contribution in [0.5, 0.6) is 0 Å². The molecule has 1 aromatic rings. The van der Waals surface area contributed by atoms with E-state index in [2.05, 4.69) is 16.0 Å². The van der Waals surface area contributed by atoms with E-state index >= 15 is 0 Å². The molecule has 7 nitrogen and oxygen atoms in total. The molecule has 2 unspecified atom stereocenters. The lowest BCUT2D eigenvalue weighted by molar-refractivity contribution is -0.120. The highest BCUT2D eigenvalue weighted by Crippen LogP contribution is 2.27. The summed E-state index contributed by atoms with van der Waals surface area (Å²) >= 11 is 16.5. The predicted molar refractivity (Wildman–Crippen MR) is 107 cm³/mol. The van der Waals surface area contributed by atoms with Crippen molar-refractivity contribution in [3.63, 3.8) is 0 Å². The maximum absolute atomic E-state index is 12.2. The van der Waals surface area contributed by atoms with Gasteiger partial charge in [0, 0.05) is 11.7 Å². The first-order valence-electron chi connectivity index (χ1n) is 8.21. The Labute approximate surface area is 173 Å². The second kappa shape index (κ2) is 8.96. The van der Waals surface area contributed by atoms with E-state index in [-0.39, 0.29) is 24.0 Å². The van der Waals surface area contributed by atoms with E-state index in [1.54, 1.807) is 6.07 Å². The minimum atomic E-state index is -3.39. The Kier molecular flexibility index (Phi) is 7.38. The molecular formula is C16H20Cl3N3O4S. The van der Waals surface area contributed by atoms with Crippen LogP contribution in [-0.2, 0) is 25.8 Å². The molecule has 1 fully saturated rings. The number of hydrogen-bond acceptors (Lipinski definition) is 5. The van der Waals surface area contributed by atoms with Crippen molar-refractivity contribution in [1.29, 1.82) is 0 Å². The maximum atomic E-state index is 12.2. The second-order valence-corrected chi connectivity index (χ2v) is 10.6. The van der Waals surface area contributed by atoms with Gasteiger partial charge in [-0.2, -0.15) is 0 Å². The number of carbonyl (C=O) groups is 2. The van der Waals surface area contributed by atoms with E-state index in [4.69, 9.17) is 34.8 Å². The summed E-state index contributed by atoms with van der Waals surface area (Å²) in [6.45, 7) is 1.85. The molecule has 2 amide bonds. The number of anilines is 1. The number of rotatable bonds is 6. The lowest BCUT2D eigenvalue weighted by Crippen LogP contribution is -2.53. The third-order valence-corrected chi connectivity index (χ3v) is 6.37. The number of carbonyl (C=O) groups excluding carboxylic acids is 2. The van der Waals surface area contributed by atoms with Gasteiger partial charge in [0.15, 0.2) is 9.84 Å². The largest absolute Gasteiger partial charge is 0.347 e. The molecule has 0 spiro atoms. The van der Waals surface area contributed by atoms with Crippen molar-refractivity contribution in [2.24, 2.45) is 0 Å². The molecule has 0 aromatic heterocycles. The molecule has 0 bridgehead atoms. The van der Waals surface area contributed by atoms with Crippen LogP contribution in [0.2, 0.25) is 0 Å². The first-order chi connectivity index (χ1) is 12.5. The highest BCUT2D eigenvalue weighted by atomic mass is 35.6. The Morgan fingerprint density at radius 2 is 1.78 bits per heavy atom. The van der Waals surface area contributed by atoms with E-state index in [0.29, 0.717) is 5.69 Å². The topological polar surface area (TPSA) is 104 Å². The molecule has 1 aliphatic heterocycles. The number of benzene rings is 1. The van der Waals surface area contributed by atoms with Gasteiger partial charge in [0.1, 0.15) is 0 Å². The van der Waals surface area contributed by atoms with Gasteiger partial charge in [0.2, 0.25) is 5.91 Å². The zero-order valence-electron chi connectivity index (χ0n) is 14.5. The average Bonchev–Trinajstić information content (AvgIpc) is 2.86. The fraction of sp³-hybridized carbons (Fsp3) is 0.500. The highest BCUT2D eigenvalue weighted by Gasteiger charge is 2.41. The third-order valence-electron chi connectivity index (χ3n) is 4.12. The molecule has 0 radical (unpaired) electrons. The molecule has 3 N–H and O–H groups in total. The number of sulfone groups is 1. The fourth-order valence-electron chi connectivity index (χ4n) is 2.81. The Morgan fingerprint density at radius 3 is 2.41 bits per heavy atom. The fourth-order valence-corrected chi connectivity index (χ4v) is 4.87. The molecule has 0 saturated carbocycles.